The number of aromatic nitrogens is 2. The maximum Gasteiger partial charge on any atom is 0.283 e. The third kappa shape index (κ3) is 2.12. The predicted octanol–water partition coefficient (Wildman–Crippen LogP) is -0.415. The second-order valence-corrected chi connectivity index (χ2v) is 3.96. The van der Waals surface area contributed by atoms with Crippen molar-refractivity contribution in [1.29, 1.82) is 0 Å². The largest absolute Gasteiger partial charge is 0.374 e. The van der Waals surface area contributed by atoms with Gasteiger partial charge in [-0.2, -0.15) is 0 Å². The van der Waals surface area contributed by atoms with E-state index < -0.39 is 5.91 Å². The molecule has 86 valence electrons. The summed E-state index contributed by atoms with van der Waals surface area (Å²) in [6.07, 6.45) is 5.02. The van der Waals surface area contributed by atoms with Gasteiger partial charge in [-0.25, -0.2) is 4.98 Å². The fourth-order valence-corrected chi connectivity index (χ4v) is 2.59. The van der Waals surface area contributed by atoms with Crippen molar-refractivity contribution in [3.63, 3.8) is 0 Å². The van der Waals surface area contributed by atoms with Gasteiger partial charge in [0.25, 0.3) is 5.91 Å². The molecular formula is C9H18N2O3Si. The molecule has 1 unspecified atom stereocenters. The monoisotopic (exact) mass is 230 g/mol. The van der Waals surface area contributed by atoms with Crippen LogP contribution in [0.3, 0.4) is 0 Å². The van der Waals surface area contributed by atoms with E-state index in [1.54, 1.807) is 44.6 Å². The van der Waals surface area contributed by atoms with Gasteiger partial charge in [0, 0.05) is 44.0 Å². The molecule has 1 rings (SSSR count). The molecule has 1 heterocycles. The Hall–Kier alpha value is -0.693. The van der Waals surface area contributed by atoms with Crippen molar-refractivity contribution in [3.8, 4) is 0 Å². The van der Waals surface area contributed by atoms with Gasteiger partial charge < -0.3 is 14.2 Å². The average molecular weight is 230 g/mol. The second kappa shape index (κ2) is 5.41. The van der Waals surface area contributed by atoms with Crippen LogP contribution < -0.4 is 0 Å². The lowest BCUT2D eigenvalue weighted by Gasteiger charge is -2.37. The van der Waals surface area contributed by atoms with Crippen LogP contribution in [0.15, 0.2) is 18.7 Å². The molecule has 0 saturated carbocycles. The van der Waals surface area contributed by atoms with E-state index in [2.05, 4.69) is 4.98 Å². The first kappa shape index (κ1) is 12.4. The van der Waals surface area contributed by atoms with Crippen molar-refractivity contribution in [2.45, 2.75) is 18.1 Å². The third-order valence-corrected chi connectivity index (χ3v) is 3.25. The molecule has 0 N–H and O–H groups in total. The minimum Gasteiger partial charge on any atom is -0.374 e. The molecule has 15 heavy (non-hydrogen) atoms. The molecule has 0 aromatic carbocycles. The van der Waals surface area contributed by atoms with E-state index in [1.165, 1.54) is 0 Å². The topological polar surface area (TPSA) is 45.5 Å². The van der Waals surface area contributed by atoms with Crippen molar-refractivity contribution in [2.75, 3.05) is 21.3 Å². The molecule has 5 nitrogen and oxygen atoms in total. The molecular weight excluding hydrogens is 212 g/mol. The molecule has 0 saturated heterocycles. The van der Waals surface area contributed by atoms with E-state index in [-0.39, 0.29) is 6.10 Å². The summed E-state index contributed by atoms with van der Waals surface area (Å²) in [5.41, 5.74) is 0. The molecule has 0 aliphatic rings. The van der Waals surface area contributed by atoms with Crippen molar-refractivity contribution in [3.05, 3.63) is 18.7 Å². The van der Waals surface area contributed by atoms with E-state index in [0.717, 1.165) is 16.3 Å². The van der Waals surface area contributed by atoms with Gasteiger partial charge >= 0.3 is 0 Å². The molecule has 0 spiro atoms. The summed E-state index contributed by atoms with van der Waals surface area (Å²) < 4.78 is 18.1. The highest BCUT2D eigenvalue weighted by Gasteiger charge is 2.40. The number of hydrogen-bond acceptors (Lipinski definition) is 4. The van der Waals surface area contributed by atoms with Gasteiger partial charge in [-0.15, -0.1) is 0 Å². The smallest absolute Gasteiger partial charge is 0.283 e. The van der Waals surface area contributed by atoms with Gasteiger partial charge in [-0.05, 0) is 6.04 Å². The summed E-state index contributed by atoms with van der Waals surface area (Å²) in [5.74, 6) is -0.910. The lowest BCUT2D eigenvalue weighted by Crippen LogP contribution is -2.48. The summed E-state index contributed by atoms with van der Waals surface area (Å²) in [7, 11) is 5.88. The van der Waals surface area contributed by atoms with E-state index in [4.69, 9.17) is 14.2 Å². The van der Waals surface area contributed by atoms with Gasteiger partial charge in [0.05, 0.1) is 6.33 Å². The quantitative estimate of drug-likeness (QED) is 0.492. The zero-order chi connectivity index (χ0) is 11.3. The highest BCUT2D eigenvalue weighted by molar-refractivity contribution is 6.08. The Bertz CT molecular complexity index is 271. The number of rotatable bonds is 6. The maximum absolute atomic E-state index is 5.47. The highest BCUT2D eigenvalue weighted by atomic mass is 28.1. The Labute approximate surface area is 92.8 Å². The minimum atomic E-state index is -0.910. The van der Waals surface area contributed by atoms with Gasteiger partial charge in [0.1, 0.15) is 6.10 Å². The molecule has 0 radical (unpaired) electrons. The molecule has 6 heteroatoms. The standard InChI is InChI=1S/C9H18N2O3Si/c1-12-8(6-15)9(13-2,14-3)11-5-4-10-7-11/h4-5,7-8H,6H2,1-3,15H3. The normalized spacial score (nSPS) is 14.3. The molecule has 1 aromatic heterocycles. The summed E-state index contributed by atoms with van der Waals surface area (Å²) in [6, 6.07) is 0.913. The molecule has 0 amide bonds. The average Bonchev–Trinajstić information content (AvgIpc) is 2.80. The van der Waals surface area contributed by atoms with Crippen molar-refractivity contribution < 1.29 is 14.2 Å². The van der Waals surface area contributed by atoms with Gasteiger partial charge in [-0.3, -0.25) is 4.57 Å². The van der Waals surface area contributed by atoms with Crippen molar-refractivity contribution >= 4 is 10.2 Å². The minimum absolute atomic E-state index is 0.131. The van der Waals surface area contributed by atoms with E-state index in [9.17, 15) is 0 Å². The van der Waals surface area contributed by atoms with Crippen molar-refractivity contribution in [2.24, 2.45) is 0 Å². The zero-order valence-corrected chi connectivity index (χ0v) is 11.6. The van der Waals surface area contributed by atoms with Crippen LogP contribution in [-0.4, -0.2) is 47.2 Å². The molecule has 1 atom stereocenters. The van der Waals surface area contributed by atoms with Crippen LogP contribution >= 0.6 is 0 Å². The Balaban J connectivity index is 3.06. The van der Waals surface area contributed by atoms with Crippen LogP contribution in [0, 0.1) is 0 Å². The van der Waals surface area contributed by atoms with Crippen molar-refractivity contribution in [1.82, 2.24) is 9.55 Å². The van der Waals surface area contributed by atoms with Crippen LogP contribution in [0.2, 0.25) is 6.04 Å². The van der Waals surface area contributed by atoms with Crippen LogP contribution in [0.4, 0.5) is 0 Å². The Morgan fingerprint density at radius 3 is 2.40 bits per heavy atom. The zero-order valence-electron chi connectivity index (χ0n) is 9.64. The van der Waals surface area contributed by atoms with E-state index in [0.29, 0.717) is 0 Å². The second-order valence-electron chi connectivity index (χ2n) is 3.14. The molecule has 0 aliphatic heterocycles. The maximum atomic E-state index is 5.47. The molecule has 0 fully saturated rings. The predicted molar refractivity (Wildman–Crippen MR) is 59.8 cm³/mol. The van der Waals surface area contributed by atoms with Gasteiger partial charge in [0.2, 0.25) is 0 Å². The lowest BCUT2D eigenvalue weighted by molar-refractivity contribution is -0.316. The third-order valence-electron chi connectivity index (χ3n) is 2.51. The first-order chi connectivity index (χ1) is 7.25. The molecule has 0 aliphatic carbocycles. The Morgan fingerprint density at radius 1 is 1.40 bits per heavy atom. The number of methoxy groups -OCH3 is 3. The molecule has 1 aromatic rings. The first-order valence-electron chi connectivity index (χ1n) is 4.86. The highest BCUT2D eigenvalue weighted by Crippen LogP contribution is 2.26. The summed E-state index contributed by atoms with van der Waals surface area (Å²) in [6.45, 7) is 0. The fourth-order valence-electron chi connectivity index (χ4n) is 1.74. The number of imidazole rings is 1. The summed E-state index contributed by atoms with van der Waals surface area (Å²) in [5, 5.41) is 0. The molecule has 0 bridgehead atoms. The van der Waals surface area contributed by atoms with Crippen LogP contribution in [0.25, 0.3) is 0 Å². The first-order valence-corrected chi connectivity index (χ1v) is 6.28. The van der Waals surface area contributed by atoms with Gasteiger partial charge in [-0.1, -0.05) is 0 Å². The lowest BCUT2D eigenvalue weighted by atomic mass is 10.3. The number of ether oxygens (including phenoxy) is 3. The SMILES string of the molecule is COC(C[SiH3])C(OC)(OC)n1ccnc1. The Kier molecular flexibility index (Phi) is 4.46. The summed E-state index contributed by atoms with van der Waals surface area (Å²) >= 11 is 0. The number of hydrogen-bond donors (Lipinski definition) is 0. The Morgan fingerprint density at radius 2 is 2.07 bits per heavy atom. The van der Waals surface area contributed by atoms with Gasteiger partial charge in [0.15, 0.2) is 0 Å². The van der Waals surface area contributed by atoms with Crippen LogP contribution in [0.1, 0.15) is 0 Å². The number of nitrogens with zero attached hydrogens (tertiary/aromatic N) is 2. The van der Waals surface area contributed by atoms with Crippen LogP contribution in [0.5, 0.6) is 0 Å². The van der Waals surface area contributed by atoms with Crippen LogP contribution in [-0.2, 0) is 20.1 Å². The van der Waals surface area contributed by atoms with E-state index >= 15 is 0 Å². The van der Waals surface area contributed by atoms with E-state index in [1.807, 2.05) is 0 Å². The fraction of sp³-hybridized carbons (Fsp3) is 0.667. The summed E-state index contributed by atoms with van der Waals surface area (Å²) in [4.78, 5) is 3.99.